The smallest absolute Gasteiger partial charge is 0.325 e. The Bertz CT molecular complexity index is 688. The van der Waals surface area contributed by atoms with Gasteiger partial charge in [0.1, 0.15) is 6.54 Å². The molecule has 1 aromatic rings. The Kier molecular flexibility index (Phi) is 7.25. The summed E-state index contributed by atoms with van der Waals surface area (Å²) in [4.78, 5) is 37.5. The maximum absolute atomic E-state index is 12.1. The average molecular weight is 403 g/mol. The van der Waals surface area contributed by atoms with Crippen LogP contribution in [0.4, 0.5) is 0 Å². The number of carbonyl (C=O) groups is 3. The number of hydrogen-bond acceptors (Lipinski definition) is 5. The standard InChI is InChI=1S/C17H20Cl2N2O5/c1-10-7-21(8-11(2)26-10)15(22)9-25-16(23)6-20-17(24)13-4-3-12(18)5-14(13)19/h3-5,10-11H,6-9H2,1-2H3,(H,20,24)/t10-,11-/m0/s1. The zero-order chi connectivity index (χ0) is 19.3. The van der Waals surface area contributed by atoms with Crippen LogP contribution in [-0.4, -0.2) is 61.1 Å². The molecule has 26 heavy (non-hydrogen) atoms. The zero-order valence-corrected chi connectivity index (χ0v) is 16.0. The Hall–Kier alpha value is -1.83. The van der Waals surface area contributed by atoms with Gasteiger partial charge in [0.25, 0.3) is 11.8 Å². The number of esters is 1. The second-order valence-corrected chi connectivity index (χ2v) is 6.87. The molecule has 0 spiro atoms. The van der Waals surface area contributed by atoms with Crippen molar-refractivity contribution >= 4 is 41.0 Å². The van der Waals surface area contributed by atoms with Crippen molar-refractivity contribution in [2.75, 3.05) is 26.2 Å². The van der Waals surface area contributed by atoms with Crippen molar-refractivity contribution in [3.8, 4) is 0 Å². The second kappa shape index (κ2) is 9.21. The number of morpholine rings is 1. The Morgan fingerprint density at radius 3 is 2.50 bits per heavy atom. The lowest BCUT2D eigenvalue weighted by molar-refractivity contribution is -0.156. The Balaban J connectivity index is 1.76. The lowest BCUT2D eigenvalue weighted by Crippen LogP contribution is -2.49. The second-order valence-electron chi connectivity index (χ2n) is 6.02. The summed E-state index contributed by atoms with van der Waals surface area (Å²) in [5.41, 5.74) is 0.191. The fourth-order valence-corrected chi connectivity index (χ4v) is 3.08. The van der Waals surface area contributed by atoms with Gasteiger partial charge in [-0.3, -0.25) is 14.4 Å². The third-order valence-corrected chi connectivity index (χ3v) is 4.25. The summed E-state index contributed by atoms with van der Waals surface area (Å²) in [6.07, 6.45) is -0.136. The van der Waals surface area contributed by atoms with Crippen molar-refractivity contribution in [2.45, 2.75) is 26.1 Å². The van der Waals surface area contributed by atoms with E-state index in [2.05, 4.69) is 5.32 Å². The highest BCUT2D eigenvalue weighted by Crippen LogP contribution is 2.20. The van der Waals surface area contributed by atoms with E-state index < -0.39 is 11.9 Å². The molecule has 0 aliphatic carbocycles. The number of nitrogens with one attached hydrogen (secondary N) is 1. The van der Waals surface area contributed by atoms with Crippen molar-refractivity contribution in [1.82, 2.24) is 10.2 Å². The molecule has 0 radical (unpaired) electrons. The van der Waals surface area contributed by atoms with Crippen molar-refractivity contribution in [2.24, 2.45) is 0 Å². The van der Waals surface area contributed by atoms with Gasteiger partial charge >= 0.3 is 5.97 Å². The van der Waals surface area contributed by atoms with Crippen molar-refractivity contribution < 1.29 is 23.9 Å². The van der Waals surface area contributed by atoms with Crippen LogP contribution in [-0.2, 0) is 19.1 Å². The molecule has 2 atom stereocenters. The summed E-state index contributed by atoms with van der Waals surface area (Å²) in [6.45, 7) is 3.90. The lowest BCUT2D eigenvalue weighted by Gasteiger charge is -2.35. The molecule has 2 rings (SSSR count). The summed E-state index contributed by atoms with van der Waals surface area (Å²) in [5, 5.41) is 2.96. The molecule has 1 aromatic carbocycles. The van der Waals surface area contributed by atoms with Crippen LogP contribution < -0.4 is 5.32 Å². The molecule has 1 fully saturated rings. The topological polar surface area (TPSA) is 84.9 Å². The molecule has 0 aromatic heterocycles. The zero-order valence-electron chi connectivity index (χ0n) is 14.5. The van der Waals surface area contributed by atoms with Crippen LogP contribution >= 0.6 is 23.2 Å². The van der Waals surface area contributed by atoms with Gasteiger partial charge in [0.2, 0.25) is 0 Å². The minimum Gasteiger partial charge on any atom is -0.454 e. The molecule has 0 saturated carbocycles. The van der Waals surface area contributed by atoms with Gasteiger partial charge in [0.15, 0.2) is 6.61 Å². The van der Waals surface area contributed by atoms with E-state index >= 15 is 0 Å². The number of amides is 2. The van der Waals surface area contributed by atoms with E-state index in [9.17, 15) is 14.4 Å². The van der Waals surface area contributed by atoms with Gasteiger partial charge in [-0.25, -0.2) is 0 Å². The number of nitrogens with zero attached hydrogens (tertiary/aromatic N) is 1. The molecule has 1 saturated heterocycles. The van der Waals surface area contributed by atoms with E-state index in [1.165, 1.54) is 18.2 Å². The summed E-state index contributed by atoms with van der Waals surface area (Å²) >= 11 is 11.7. The molecular weight excluding hydrogens is 383 g/mol. The summed E-state index contributed by atoms with van der Waals surface area (Å²) in [6, 6.07) is 4.40. The highest BCUT2D eigenvalue weighted by atomic mass is 35.5. The van der Waals surface area contributed by atoms with Crippen LogP contribution in [0.15, 0.2) is 18.2 Å². The molecular formula is C17H20Cl2N2O5. The van der Waals surface area contributed by atoms with E-state index in [-0.39, 0.29) is 41.9 Å². The predicted molar refractivity (Wildman–Crippen MR) is 96.3 cm³/mol. The Morgan fingerprint density at radius 1 is 1.23 bits per heavy atom. The van der Waals surface area contributed by atoms with Crippen LogP contribution in [0.5, 0.6) is 0 Å². The molecule has 0 unspecified atom stereocenters. The van der Waals surface area contributed by atoms with E-state index in [1.807, 2.05) is 13.8 Å². The van der Waals surface area contributed by atoms with E-state index in [4.69, 9.17) is 32.7 Å². The van der Waals surface area contributed by atoms with Gasteiger partial charge in [-0.05, 0) is 32.0 Å². The number of benzene rings is 1. The number of ether oxygens (including phenoxy) is 2. The van der Waals surface area contributed by atoms with Crippen LogP contribution in [0.2, 0.25) is 10.0 Å². The minimum absolute atomic E-state index is 0.0678. The monoisotopic (exact) mass is 402 g/mol. The first-order chi connectivity index (χ1) is 12.3. The van der Waals surface area contributed by atoms with Crippen molar-refractivity contribution in [1.29, 1.82) is 0 Å². The van der Waals surface area contributed by atoms with Gasteiger partial charge in [-0.15, -0.1) is 0 Å². The largest absolute Gasteiger partial charge is 0.454 e. The van der Waals surface area contributed by atoms with E-state index in [0.29, 0.717) is 18.1 Å². The molecule has 0 bridgehead atoms. The molecule has 9 heteroatoms. The highest BCUT2D eigenvalue weighted by molar-refractivity contribution is 6.36. The lowest BCUT2D eigenvalue weighted by atomic mass is 10.2. The maximum atomic E-state index is 12.1. The van der Waals surface area contributed by atoms with Gasteiger partial charge < -0.3 is 19.7 Å². The van der Waals surface area contributed by atoms with Crippen molar-refractivity contribution in [3.05, 3.63) is 33.8 Å². The number of carbonyl (C=O) groups excluding carboxylic acids is 3. The Labute approximate surface area is 161 Å². The highest BCUT2D eigenvalue weighted by Gasteiger charge is 2.26. The molecule has 7 nitrogen and oxygen atoms in total. The minimum atomic E-state index is -0.717. The normalized spacial score (nSPS) is 19.8. The van der Waals surface area contributed by atoms with E-state index in [1.54, 1.807) is 4.90 Å². The fraction of sp³-hybridized carbons (Fsp3) is 0.471. The number of hydrogen-bond donors (Lipinski definition) is 1. The first-order valence-electron chi connectivity index (χ1n) is 8.08. The molecule has 2 amide bonds. The van der Waals surface area contributed by atoms with Crippen molar-refractivity contribution in [3.63, 3.8) is 0 Å². The van der Waals surface area contributed by atoms with Gasteiger partial charge in [0, 0.05) is 18.1 Å². The van der Waals surface area contributed by atoms with Gasteiger partial charge in [-0.2, -0.15) is 0 Å². The fourth-order valence-electron chi connectivity index (χ4n) is 2.59. The first kappa shape index (κ1) is 20.5. The third-order valence-electron chi connectivity index (χ3n) is 3.70. The number of halogens is 2. The third kappa shape index (κ3) is 5.86. The predicted octanol–water partition coefficient (Wildman–Crippen LogP) is 1.90. The van der Waals surface area contributed by atoms with Crippen LogP contribution in [0, 0.1) is 0 Å². The first-order valence-corrected chi connectivity index (χ1v) is 8.84. The van der Waals surface area contributed by atoms with Gasteiger partial charge in [-0.1, -0.05) is 23.2 Å². The molecule has 1 N–H and O–H groups in total. The summed E-state index contributed by atoms with van der Waals surface area (Å²) < 4.78 is 10.5. The molecule has 142 valence electrons. The van der Waals surface area contributed by atoms with Crippen LogP contribution in [0.25, 0.3) is 0 Å². The number of rotatable bonds is 5. The van der Waals surface area contributed by atoms with Crippen LogP contribution in [0.1, 0.15) is 24.2 Å². The van der Waals surface area contributed by atoms with E-state index in [0.717, 1.165) is 0 Å². The summed E-state index contributed by atoms with van der Waals surface area (Å²) in [7, 11) is 0. The molecule has 1 aliphatic heterocycles. The molecule has 1 aliphatic rings. The average Bonchev–Trinajstić information content (AvgIpc) is 2.56. The Morgan fingerprint density at radius 2 is 1.88 bits per heavy atom. The quantitative estimate of drug-likeness (QED) is 0.760. The van der Waals surface area contributed by atoms with Crippen LogP contribution in [0.3, 0.4) is 0 Å². The summed E-state index contributed by atoms with van der Waals surface area (Å²) in [5.74, 6) is -1.55. The van der Waals surface area contributed by atoms with Gasteiger partial charge in [0.05, 0.1) is 22.8 Å². The SMILES string of the molecule is C[C@H]1CN(C(=O)COC(=O)CNC(=O)c2ccc(Cl)cc2Cl)C[C@H](C)O1. The maximum Gasteiger partial charge on any atom is 0.325 e. The molecule has 1 heterocycles.